The molecule has 0 aliphatic heterocycles. The molecule has 0 atom stereocenters. The van der Waals surface area contributed by atoms with Crippen LogP contribution < -0.4 is 5.32 Å². The predicted octanol–water partition coefficient (Wildman–Crippen LogP) is 4.42. The van der Waals surface area contributed by atoms with E-state index in [2.05, 4.69) is 33.0 Å². The van der Waals surface area contributed by atoms with E-state index in [-0.39, 0.29) is 11.4 Å². The Hall–Kier alpha value is -2.21. The van der Waals surface area contributed by atoms with Crippen molar-refractivity contribution in [3.63, 3.8) is 0 Å². The first-order chi connectivity index (χ1) is 12.7. The minimum Gasteiger partial charge on any atom is -0.351 e. The molecule has 0 bridgehead atoms. The molecule has 0 radical (unpaired) electrons. The van der Waals surface area contributed by atoms with Gasteiger partial charge in [0, 0.05) is 22.4 Å². The first-order valence-corrected chi connectivity index (χ1v) is 10.2. The van der Waals surface area contributed by atoms with Crippen LogP contribution in [0, 0.1) is 20.8 Å². The van der Waals surface area contributed by atoms with Gasteiger partial charge < -0.3 is 5.32 Å². The van der Waals surface area contributed by atoms with Crippen molar-refractivity contribution >= 4 is 28.3 Å². The lowest BCUT2D eigenvalue weighted by molar-refractivity contribution is -0.121. The summed E-state index contributed by atoms with van der Waals surface area (Å²) >= 11 is 1.66. The van der Waals surface area contributed by atoms with E-state index in [1.165, 1.54) is 10.4 Å². The Morgan fingerprint density at radius 1 is 1.22 bits per heavy atom. The molecule has 144 valence electrons. The fourth-order valence-electron chi connectivity index (χ4n) is 3.47. The van der Waals surface area contributed by atoms with E-state index in [0.29, 0.717) is 19.4 Å². The van der Waals surface area contributed by atoms with Gasteiger partial charge in [-0.15, -0.1) is 11.3 Å². The zero-order chi connectivity index (χ0) is 19.8. The second kappa shape index (κ2) is 7.43. The number of thiophene rings is 1. The Bertz CT molecular complexity index is 965. The number of hydrogen-bond acceptors (Lipinski definition) is 4. The number of aryl methyl sites for hydroxylation is 3. The van der Waals surface area contributed by atoms with Crippen molar-refractivity contribution in [2.45, 2.75) is 66.5 Å². The van der Waals surface area contributed by atoms with Crippen LogP contribution in [0.4, 0.5) is 0 Å². The molecule has 0 saturated carbocycles. The Kier molecular flexibility index (Phi) is 5.38. The molecule has 0 aromatic carbocycles. The number of carbonyl (C=O) groups excluding carboxylic acids is 1. The fourth-order valence-corrected chi connectivity index (χ4v) is 4.11. The molecule has 3 heterocycles. The number of pyridine rings is 1. The summed E-state index contributed by atoms with van der Waals surface area (Å²) in [6.07, 6.45) is 1.16. The maximum Gasteiger partial charge on any atom is 0.220 e. The second-order valence-corrected chi connectivity index (χ2v) is 9.06. The quantitative estimate of drug-likeness (QED) is 0.708. The minimum absolute atomic E-state index is 0.0735. The summed E-state index contributed by atoms with van der Waals surface area (Å²) in [5.41, 5.74) is 5.13. The number of hydrogen-bond donors (Lipinski definition) is 1. The Morgan fingerprint density at radius 2 is 1.96 bits per heavy atom. The van der Waals surface area contributed by atoms with Gasteiger partial charge in [-0.05, 0) is 70.5 Å². The van der Waals surface area contributed by atoms with E-state index in [9.17, 15) is 4.79 Å². The standard InChI is InChI=1S/C21H28N4OS/c1-13-17(9-10-18(26)22-12-16-8-7-11-27-16)14(2)23-20-19(13)15(3)24-25(20)21(4,5)6/h7-8,11H,9-10,12H2,1-6H3,(H,22,26). The van der Waals surface area contributed by atoms with Gasteiger partial charge in [0.1, 0.15) is 0 Å². The first-order valence-electron chi connectivity index (χ1n) is 9.33. The highest BCUT2D eigenvalue weighted by Crippen LogP contribution is 2.29. The van der Waals surface area contributed by atoms with E-state index in [1.54, 1.807) is 11.3 Å². The lowest BCUT2D eigenvalue weighted by Gasteiger charge is -2.20. The summed E-state index contributed by atoms with van der Waals surface area (Å²) in [5, 5.41) is 10.9. The number of amides is 1. The number of nitrogens with one attached hydrogen (secondary N) is 1. The van der Waals surface area contributed by atoms with Crippen LogP contribution in [0.5, 0.6) is 0 Å². The molecule has 3 aromatic rings. The van der Waals surface area contributed by atoms with Gasteiger partial charge in [0.15, 0.2) is 5.65 Å². The number of aromatic nitrogens is 3. The van der Waals surface area contributed by atoms with E-state index in [1.807, 2.05) is 36.0 Å². The molecule has 5 nitrogen and oxygen atoms in total. The van der Waals surface area contributed by atoms with Crippen LogP contribution >= 0.6 is 11.3 Å². The molecule has 27 heavy (non-hydrogen) atoms. The molecule has 0 unspecified atom stereocenters. The van der Waals surface area contributed by atoms with Gasteiger partial charge in [0.2, 0.25) is 5.91 Å². The molecule has 3 rings (SSSR count). The summed E-state index contributed by atoms with van der Waals surface area (Å²) in [4.78, 5) is 18.3. The molecule has 0 aliphatic rings. The van der Waals surface area contributed by atoms with Crippen LogP contribution in [0.15, 0.2) is 17.5 Å². The summed E-state index contributed by atoms with van der Waals surface area (Å²) < 4.78 is 2.01. The smallest absolute Gasteiger partial charge is 0.220 e. The van der Waals surface area contributed by atoms with Crippen molar-refractivity contribution in [1.29, 1.82) is 0 Å². The van der Waals surface area contributed by atoms with Crippen LogP contribution in [0.1, 0.15) is 54.6 Å². The monoisotopic (exact) mass is 384 g/mol. The first kappa shape index (κ1) is 19.5. The van der Waals surface area contributed by atoms with Crippen molar-refractivity contribution in [1.82, 2.24) is 20.1 Å². The highest BCUT2D eigenvalue weighted by atomic mass is 32.1. The third kappa shape index (κ3) is 4.05. The number of carbonyl (C=O) groups is 1. The van der Waals surface area contributed by atoms with Crippen molar-refractivity contribution < 1.29 is 4.79 Å². The second-order valence-electron chi connectivity index (χ2n) is 8.02. The maximum absolute atomic E-state index is 12.3. The molecule has 3 aromatic heterocycles. The molecule has 1 amide bonds. The van der Waals surface area contributed by atoms with E-state index in [0.717, 1.165) is 28.0 Å². The molecule has 0 aliphatic carbocycles. The maximum atomic E-state index is 12.3. The van der Waals surface area contributed by atoms with Crippen molar-refractivity contribution in [2.75, 3.05) is 0 Å². The Labute approximate surface area is 164 Å². The third-order valence-electron chi connectivity index (χ3n) is 4.85. The Morgan fingerprint density at radius 3 is 2.59 bits per heavy atom. The van der Waals surface area contributed by atoms with E-state index >= 15 is 0 Å². The largest absolute Gasteiger partial charge is 0.351 e. The molecule has 0 fully saturated rings. The number of nitrogens with zero attached hydrogens (tertiary/aromatic N) is 3. The fraction of sp³-hybridized carbons (Fsp3) is 0.476. The molecule has 6 heteroatoms. The van der Waals surface area contributed by atoms with Gasteiger partial charge in [-0.2, -0.15) is 5.10 Å². The van der Waals surface area contributed by atoms with Gasteiger partial charge in [-0.25, -0.2) is 9.67 Å². The zero-order valence-electron chi connectivity index (χ0n) is 17.0. The lowest BCUT2D eigenvalue weighted by Crippen LogP contribution is -2.24. The average Bonchev–Trinajstić information content (AvgIpc) is 3.20. The summed E-state index contributed by atoms with van der Waals surface area (Å²) in [5.74, 6) is 0.0735. The minimum atomic E-state index is -0.123. The Balaban J connectivity index is 1.81. The SMILES string of the molecule is Cc1nc2c(c(C)nn2C(C)(C)C)c(C)c1CCC(=O)NCc1cccs1. The highest BCUT2D eigenvalue weighted by Gasteiger charge is 2.23. The van der Waals surface area contributed by atoms with Crippen LogP contribution in [0.25, 0.3) is 11.0 Å². The van der Waals surface area contributed by atoms with Gasteiger partial charge in [0.05, 0.1) is 17.8 Å². The average molecular weight is 385 g/mol. The molecule has 1 N–H and O–H groups in total. The number of rotatable bonds is 5. The van der Waals surface area contributed by atoms with Crippen molar-refractivity contribution in [3.8, 4) is 0 Å². The number of fused-ring (bicyclic) bond motifs is 1. The van der Waals surface area contributed by atoms with Crippen molar-refractivity contribution in [3.05, 3.63) is 44.9 Å². The summed E-state index contributed by atoms with van der Waals surface area (Å²) in [6, 6.07) is 4.03. The third-order valence-corrected chi connectivity index (χ3v) is 5.73. The van der Waals surface area contributed by atoms with Gasteiger partial charge in [0.25, 0.3) is 0 Å². The predicted molar refractivity (Wildman–Crippen MR) is 111 cm³/mol. The normalized spacial score (nSPS) is 11.9. The zero-order valence-corrected chi connectivity index (χ0v) is 17.8. The topological polar surface area (TPSA) is 59.8 Å². The summed E-state index contributed by atoms with van der Waals surface area (Å²) in [7, 11) is 0. The highest BCUT2D eigenvalue weighted by molar-refractivity contribution is 7.09. The molecular weight excluding hydrogens is 356 g/mol. The van der Waals surface area contributed by atoms with Crippen molar-refractivity contribution in [2.24, 2.45) is 0 Å². The molecule has 0 saturated heterocycles. The van der Waals surface area contributed by atoms with Crippen LogP contribution in [-0.4, -0.2) is 20.7 Å². The van der Waals surface area contributed by atoms with E-state index < -0.39 is 0 Å². The molecule has 0 spiro atoms. The van der Waals surface area contributed by atoms with Gasteiger partial charge in [-0.3, -0.25) is 4.79 Å². The van der Waals surface area contributed by atoms with Crippen LogP contribution in [-0.2, 0) is 23.3 Å². The lowest BCUT2D eigenvalue weighted by atomic mass is 9.99. The summed E-state index contributed by atoms with van der Waals surface area (Å²) in [6.45, 7) is 13.2. The van der Waals surface area contributed by atoms with Gasteiger partial charge >= 0.3 is 0 Å². The van der Waals surface area contributed by atoms with E-state index in [4.69, 9.17) is 10.1 Å². The van der Waals surface area contributed by atoms with Crippen LogP contribution in [0.2, 0.25) is 0 Å². The molecular formula is C21H28N4OS. The van der Waals surface area contributed by atoms with Crippen LogP contribution in [0.3, 0.4) is 0 Å². The van der Waals surface area contributed by atoms with Gasteiger partial charge in [-0.1, -0.05) is 6.07 Å².